The summed E-state index contributed by atoms with van der Waals surface area (Å²) < 4.78 is 24.3. The number of hydrogen-bond acceptors (Lipinski definition) is 6. The summed E-state index contributed by atoms with van der Waals surface area (Å²) in [5.74, 6) is 1.65. The van der Waals surface area contributed by atoms with Crippen molar-refractivity contribution in [2.24, 2.45) is 0 Å². The van der Waals surface area contributed by atoms with Crippen LogP contribution in [0.25, 0.3) is 0 Å². The van der Waals surface area contributed by atoms with E-state index in [1.807, 2.05) is 24.3 Å². The van der Waals surface area contributed by atoms with E-state index in [0.717, 1.165) is 51.3 Å². The fraction of sp³-hybridized carbons (Fsp3) is 0.423. The van der Waals surface area contributed by atoms with E-state index >= 15 is 0 Å². The minimum absolute atomic E-state index is 0.0217. The zero-order valence-corrected chi connectivity index (χ0v) is 19.7. The number of morpholine rings is 1. The van der Waals surface area contributed by atoms with Crippen molar-refractivity contribution in [3.63, 3.8) is 0 Å². The Morgan fingerprint density at radius 2 is 1.80 bits per heavy atom. The van der Waals surface area contributed by atoms with Gasteiger partial charge in [-0.15, -0.1) is 0 Å². The third-order valence-electron chi connectivity index (χ3n) is 6.50. The molecule has 5 rings (SSSR count). The van der Waals surface area contributed by atoms with Crippen LogP contribution in [0.5, 0.6) is 5.75 Å². The van der Waals surface area contributed by atoms with Gasteiger partial charge in [-0.3, -0.25) is 14.8 Å². The van der Waals surface area contributed by atoms with Crippen molar-refractivity contribution in [3.05, 3.63) is 77.1 Å². The van der Waals surface area contributed by atoms with Gasteiger partial charge in [-0.05, 0) is 48.2 Å². The number of aromatic amines is 1. The molecule has 1 atom stereocenters. The van der Waals surface area contributed by atoms with Crippen molar-refractivity contribution in [3.8, 4) is 5.75 Å². The first-order valence-electron chi connectivity index (χ1n) is 12.1. The number of rotatable bonds is 8. The van der Waals surface area contributed by atoms with Crippen molar-refractivity contribution >= 4 is 5.91 Å². The minimum Gasteiger partial charge on any atom is -0.484 e. The number of nitrogens with zero attached hydrogens (tertiary/aromatic N) is 4. The molecular weight excluding hydrogens is 449 g/mol. The average molecular weight is 480 g/mol. The summed E-state index contributed by atoms with van der Waals surface area (Å²) in [5, 5.41) is 7.33. The van der Waals surface area contributed by atoms with E-state index in [0.29, 0.717) is 30.4 Å². The smallest absolute Gasteiger partial charge is 0.261 e. The second kappa shape index (κ2) is 11.0. The van der Waals surface area contributed by atoms with Crippen LogP contribution in [0.4, 0.5) is 4.39 Å². The van der Waals surface area contributed by atoms with E-state index in [4.69, 9.17) is 9.47 Å². The molecule has 8 nitrogen and oxygen atoms in total. The Morgan fingerprint density at radius 1 is 1.06 bits per heavy atom. The minimum atomic E-state index is -0.265. The number of amides is 1. The largest absolute Gasteiger partial charge is 0.484 e. The maximum atomic E-state index is 13.1. The van der Waals surface area contributed by atoms with E-state index in [1.54, 1.807) is 17.0 Å². The lowest BCUT2D eigenvalue weighted by atomic mass is 10.1. The first-order chi connectivity index (χ1) is 17.1. The van der Waals surface area contributed by atoms with Gasteiger partial charge in [-0.25, -0.2) is 9.37 Å². The molecule has 3 heterocycles. The molecule has 0 spiro atoms. The summed E-state index contributed by atoms with van der Waals surface area (Å²) in [6.45, 7) is 4.98. The van der Waals surface area contributed by atoms with Gasteiger partial charge in [0.15, 0.2) is 12.4 Å². The van der Waals surface area contributed by atoms with E-state index in [1.165, 1.54) is 17.7 Å². The van der Waals surface area contributed by atoms with Crippen LogP contribution in [0.3, 0.4) is 0 Å². The van der Waals surface area contributed by atoms with Crippen LogP contribution in [-0.2, 0) is 22.5 Å². The number of nitrogens with one attached hydrogen (secondary N) is 1. The molecule has 35 heavy (non-hydrogen) atoms. The van der Waals surface area contributed by atoms with Gasteiger partial charge in [0.1, 0.15) is 17.4 Å². The number of benzene rings is 2. The van der Waals surface area contributed by atoms with Gasteiger partial charge in [0.2, 0.25) is 0 Å². The van der Waals surface area contributed by atoms with Gasteiger partial charge in [-0.1, -0.05) is 24.3 Å². The lowest BCUT2D eigenvalue weighted by molar-refractivity contribution is -0.134. The molecule has 1 amide bonds. The van der Waals surface area contributed by atoms with Gasteiger partial charge in [0, 0.05) is 32.6 Å². The van der Waals surface area contributed by atoms with Crippen LogP contribution >= 0.6 is 0 Å². The van der Waals surface area contributed by atoms with E-state index in [9.17, 15) is 9.18 Å². The third-order valence-corrected chi connectivity index (χ3v) is 6.50. The Hall–Kier alpha value is -3.30. The number of halogens is 1. The van der Waals surface area contributed by atoms with Crippen molar-refractivity contribution in [1.82, 2.24) is 25.0 Å². The number of H-pyrrole nitrogens is 1. The monoisotopic (exact) mass is 479 g/mol. The summed E-state index contributed by atoms with van der Waals surface area (Å²) in [6.07, 6.45) is 2.24. The standard InChI is InChI=1S/C26H30FN5O3/c27-21-7-3-19(4-8-21)16-24-28-26(30-29-24)23-2-1-11-32(23)25(33)18-35-22-9-5-20(6-10-22)17-31-12-14-34-15-13-31/h3-10,23H,1-2,11-18H2,(H,28,29,30)/t23-/m1/s1. The number of likely N-dealkylation sites (tertiary alicyclic amines) is 1. The Bertz CT molecular complexity index is 1110. The maximum Gasteiger partial charge on any atom is 0.261 e. The Balaban J connectivity index is 1.14. The quantitative estimate of drug-likeness (QED) is 0.535. The molecule has 2 fully saturated rings. The molecule has 2 saturated heterocycles. The summed E-state index contributed by atoms with van der Waals surface area (Å²) >= 11 is 0. The Morgan fingerprint density at radius 3 is 2.57 bits per heavy atom. The van der Waals surface area contributed by atoms with E-state index in [2.05, 4.69) is 20.1 Å². The fourth-order valence-corrected chi connectivity index (χ4v) is 4.60. The summed E-state index contributed by atoms with van der Waals surface area (Å²) in [6, 6.07) is 14.1. The summed E-state index contributed by atoms with van der Waals surface area (Å²) in [5.41, 5.74) is 2.16. The average Bonchev–Trinajstić information content (AvgIpc) is 3.55. The highest BCUT2D eigenvalue weighted by atomic mass is 19.1. The van der Waals surface area contributed by atoms with Gasteiger partial charge in [0.05, 0.1) is 19.3 Å². The molecule has 0 saturated carbocycles. The van der Waals surface area contributed by atoms with Crippen LogP contribution < -0.4 is 4.74 Å². The predicted molar refractivity (Wildman–Crippen MR) is 127 cm³/mol. The number of aromatic nitrogens is 3. The van der Waals surface area contributed by atoms with Crippen LogP contribution in [0.2, 0.25) is 0 Å². The highest BCUT2D eigenvalue weighted by Gasteiger charge is 2.33. The predicted octanol–water partition coefficient (Wildman–Crippen LogP) is 3.11. The molecular formula is C26H30FN5O3. The molecule has 0 radical (unpaired) electrons. The highest BCUT2D eigenvalue weighted by molar-refractivity contribution is 5.78. The van der Waals surface area contributed by atoms with Crippen LogP contribution in [0.1, 0.15) is 41.7 Å². The Kier molecular flexibility index (Phi) is 7.34. The van der Waals surface area contributed by atoms with Crippen molar-refractivity contribution in [1.29, 1.82) is 0 Å². The third kappa shape index (κ3) is 6.04. The second-order valence-electron chi connectivity index (χ2n) is 9.01. The zero-order chi connectivity index (χ0) is 24.0. The normalized spacial score (nSPS) is 18.7. The van der Waals surface area contributed by atoms with Crippen LogP contribution in [0.15, 0.2) is 48.5 Å². The van der Waals surface area contributed by atoms with Crippen molar-refractivity contribution in [2.45, 2.75) is 31.8 Å². The lowest BCUT2D eigenvalue weighted by Crippen LogP contribution is -2.35. The second-order valence-corrected chi connectivity index (χ2v) is 9.01. The maximum absolute atomic E-state index is 13.1. The molecule has 184 valence electrons. The molecule has 1 N–H and O–H groups in total. The summed E-state index contributed by atoms with van der Waals surface area (Å²) in [4.78, 5) is 21.7. The number of hydrogen-bond donors (Lipinski definition) is 1. The number of ether oxygens (including phenoxy) is 2. The lowest BCUT2D eigenvalue weighted by Gasteiger charge is -2.26. The van der Waals surface area contributed by atoms with Gasteiger partial charge in [0.25, 0.3) is 5.91 Å². The molecule has 2 aromatic carbocycles. The molecule has 2 aliphatic rings. The first-order valence-corrected chi connectivity index (χ1v) is 12.1. The summed E-state index contributed by atoms with van der Waals surface area (Å²) in [7, 11) is 0. The number of carbonyl (C=O) groups is 1. The molecule has 0 unspecified atom stereocenters. The molecule has 0 bridgehead atoms. The Labute approximate surface area is 204 Å². The van der Waals surface area contributed by atoms with Crippen LogP contribution in [0, 0.1) is 5.82 Å². The zero-order valence-electron chi connectivity index (χ0n) is 19.7. The topological polar surface area (TPSA) is 83.6 Å². The van der Waals surface area contributed by atoms with Crippen molar-refractivity contribution < 1.29 is 18.7 Å². The number of carbonyl (C=O) groups excluding carboxylic acids is 1. The fourth-order valence-electron chi connectivity index (χ4n) is 4.60. The molecule has 3 aromatic rings. The van der Waals surface area contributed by atoms with Crippen molar-refractivity contribution in [2.75, 3.05) is 39.5 Å². The van der Waals surface area contributed by atoms with E-state index in [-0.39, 0.29) is 24.4 Å². The molecule has 2 aliphatic heterocycles. The van der Waals surface area contributed by atoms with Gasteiger partial charge in [-0.2, -0.15) is 5.10 Å². The van der Waals surface area contributed by atoms with Crippen LogP contribution in [-0.4, -0.2) is 70.3 Å². The first kappa shape index (κ1) is 23.4. The highest BCUT2D eigenvalue weighted by Crippen LogP contribution is 2.30. The molecule has 0 aliphatic carbocycles. The molecule has 1 aromatic heterocycles. The molecule has 9 heteroatoms. The SMILES string of the molecule is O=C(COc1ccc(CN2CCOCC2)cc1)N1CCC[C@@H]1c1n[nH]c(Cc2ccc(F)cc2)n1. The van der Waals surface area contributed by atoms with Gasteiger partial charge < -0.3 is 14.4 Å². The van der Waals surface area contributed by atoms with E-state index < -0.39 is 0 Å². The van der Waals surface area contributed by atoms with Gasteiger partial charge >= 0.3 is 0 Å².